The van der Waals surface area contributed by atoms with Gasteiger partial charge in [0.25, 0.3) is 0 Å². The van der Waals surface area contributed by atoms with Crippen molar-refractivity contribution in [1.82, 2.24) is 0 Å². The van der Waals surface area contributed by atoms with Crippen molar-refractivity contribution in [2.75, 3.05) is 0 Å². The van der Waals surface area contributed by atoms with E-state index in [1.165, 1.54) is 10.6 Å². The van der Waals surface area contributed by atoms with Gasteiger partial charge >= 0.3 is 112 Å². The molecule has 0 N–H and O–H groups in total. The summed E-state index contributed by atoms with van der Waals surface area (Å²) in [6.07, 6.45) is 8.45. The average Bonchev–Trinajstić information content (AvgIpc) is 2.23. The summed E-state index contributed by atoms with van der Waals surface area (Å²) < 4.78 is 0. The van der Waals surface area contributed by atoms with Crippen molar-refractivity contribution in [1.29, 1.82) is 0 Å². The Morgan fingerprint density at radius 2 is 1.33 bits per heavy atom. The molecule has 0 amide bonds. The van der Waals surface area contributed by atoms with Crippen LogP contribution < -0.4 is 0 Å². The zero-order chi connectivity index (χ0) is 11.5. The first-order valence-corrected chi connectivity index (χ1v) is 8.82. The van der Waals surface area contributed by atoms with E-state index < -0.39 is 0 Å². The molecule has 0 nitrogen and oxygen atoms in total. The number of allylic oxidation sites excluding steroid dienone is 2. The summed E-state index contributed by atoms with van der Waals surface area (Å²) in [6, 6.07) is 0. The number of hydrogen-bond donors (Lipinski definition) is 2. The Kier molecular flexibility index (Phi) is 11.7. The third-order valence-corrected chi connectivity index (χ3v) is 6.70. The molecule has 0 saturated carbocycles. The first-order chi connectivity index (χ1) is 7.20. The van der Waals surface area contributed by atoms with E-state index in [2.05, 4.69) is 38.4 Å². The number of rotatable bonds is 10. The van der Waals surface area contributed by atoms with E-state index >= 15 is 0 Å². The minimum absolute atomic E-state index is 0.558. The van der Waals surface area contributed by atoms with Gasteiger partial charge in [-0.2, -0.15) is 0 Å². The van der Waals surface area contributed by atoms with Crippen LogP contribution in [0.25, 0.3) is 0 Å². The van der Waals surface area contributed by atoms with E-state index in [1.807, 2.05) is 12.2 Å². The van der Waals surface area contributed by atoms with Crippen LogP contribution in [0.15, 0.2) is 25.3 Å². The third kappa shape index (κ3) is 11.0. The second kappa shape index (κ2) is 11.2. The molecule has 0 aromatic heterocycles. The molecule has 0 fully saturated rings. The van der Waals surface area contributed by atoms with Crippen LogP contribution >= 0.6 is 25.3 Å². The number of thiol groups is 2. The van der Waals surface area contributed by atoms with Crippen molar-refractivity contribution in [2.24, 2.45) is 0 Å². The van der Waals surface area contributed by atoms with Gasteiger partial charge in [0.05, 0.1) is 0 Å². The summed E-state index contributed by atoms with van der Waals surface area (Å²) in [4.78, 5) is 0. The van der Waals surface area contributed by atoms with Gasteiger partial charge in [0.2, 0.25) is 0 Å². The van der Waals surface area contributed by atoms with Gasteiger partial charge in [0.15, 0.2) is 0 Å². The summed E-state index contributed by atoms with van der Waals surface area (Å²) in [6.45, 7) is 7.45. The summed E-state index contributed by atoms with van der Waals surface area (Å²) >= 11 is 9.82. The maximum atomic E-state index is 4.56. The standard InChI is InChI=1S/C12H22S2Se/c1-3-5-7-11(13)9-15-10-12(14)8-6-4-2/h3-4,11-14H,1-2,5-10H2. The second-order valence-corrected chi connectivity index (χ2v) is 7.29. The molecule has 0 aliphatic rings. The van der Waals surface area contributed by atoms with Crippen molar-refractivity contribution in [3.8, 4) is 0 Å². The molecule has 15 heavy (non-hydrogen) atoms. The van der Waals surface area contributed by atoms with E-state index in [9.17, 15) is 0 Å². The van der Waals surface area contributed by atoms with Crippen LogP contribution in [0.5, 0.6) is 0 Å². The van der Waals surface area contributed by atoms with Gasteiger partial charge in [0, 0.05) is 0 Å². The van der Waals surface area contributed by atoms with Crippen LogP contribution in [0.4, 0.5) is 0 Å². The van der Waals surface area contributed by atoms with Gasteiger partial charge in [-0.3, -0.25) is 0 Å². The molecule has 0 aliphatic heterocycles. The van der Waals surface area contributed by atoms with Crippen LogP contribution in [0.2, 0.25) is 10.6 Å². The topological polar surface area (TPSA) is 0 Å². The van der Waals surface area contributed by atoms with Gasteiger partial charge in [-0.25, -0.2) is 0 Å². The molecule has 0 bridgehead atoms. The predicted octanol–water partition coefficient (Wildman–Crippen LogP) is 4.06. The summed E-state index contributed by atoms with van der Waals surface area (Å²) in [5, 5.41) is 3.63. The quantitative estimate of drug-likeness (QED) is 0.339. The van der Waals surface area contributed by atoms with Gasteiger partial charge in [-0.05, 0) is 0 Å². The minimum atomic E-state index is 0.558. The Morgan fingerprint density at radius 1 is 0.933 bits per heavy atom. The molecule has 0 heterocycles. The Bertz CT molecular complexity index is 153. The van der Waals surface area contributed by atoms with Crippen molar-refractivity contribution >= 4 is 40.2 Å². The Labute approximate surface area is 112 Å². The van der Waals surface area contributed by atoms with E-state index in [0.29, 0.717) is 25.5 Å². The SMILES string of the molecule is C=CCCC(S)C[Se]CC(S)CCC=C. The fourth-order valence-electron chi connectivity index (χ4n) is 1.13. The van der Waals surface area contributed by atoms with E-state index in [0.717, 1.165) is 25.7 Å². The normalized spacial score (nSPS) is 14.5. The molecule has 0 radical (unpaired) electrons. The van der Waals surface area contributed by atoms with Crippen molar-refractivity contribution < 1.29 is 0 Å². The first-order valence-electron chi connectivity index (χ1n) is 5.36. The summed E-state index contributed by atoms with van der Waals surface area (Å²) in [5.74, 6) is 0. The summed E-state index contributed by atoms with van der Waals surface area (Å²) in [7, 11) is 0. The van der Waals surface area contributed by atoms with E-state index in [-0.39, 0.29) is 0 Å². The molecule has 88 valence electrons. The molecule has 0 rings (SSSR count). The van der Waals surface area contributed by atoms with Crippen LogP contribution in [0, 0.1) is 0 Å². The molecule has 2 unspecified atom stereocenters. The van der Waals surface area contributed by atoms with Crippen molar-refractivity contribution in [3.63, 3.8) is 0 Å². The van der Waals surface area contributed by atoms with Gasteiger partial charge in [-0.15, -0.1) is 0 Å². The zero-order valence-electron chi connectivity index (χ0n) is 9.27. The fourth-order valence-corrected chi connectivity index (χ4v) is 4.65. The second-order valence-electron chi connectivity index (χ2n) is 3.58. The zero-order valence-corrected chi connectivity index (χ0v) is 12.8. The van der Waals surface area contributed by atoms with Gasteiger partial charge in [-0.1, -0.05) is 0 Å². The Hall–Kier alpha value is 0.699. The number of hydrogen-bond acceptors (Lipinski definition) is 2. The van der Waals surface area contributed by atoms with E-state index in [4.69, 9.17) is 0 Å². The fraction of sp³-hybridized carbons (Fsp3) is 0.667. The predicted molar refractivity (Wildman–Crippen MR) is 79.8 cm³/mol. The molecule has 0 aromatic carbocycles. The Balaban J connectivity index is 3.34. The van der Waals surface area contributed by atoms with Crippen LogP contribution in [0.3, 0.4) is 0 Å². The first kappa shape index (κ1) is 15.7. The molecular weight excluding hydrogens is 287 g/mol. The average molecular weight is 309 g/mol. The molecular formula is C12H22S2Se. The van der Waals surface area contributed by atoms with Gasteiger partial charge in [0.1, 0.15) is 0 Å². The molecule has 0 saturated heterocycles. The Morgan fingerprint density at radius 3 is 1.67 bits per heavy atom. The summed E-state index contributed by atoms with van der Waals surface area (Å²) in [5.41, 5.74) is 0. The van der Waals surface area contributed by atoms with Crippen LogP contribution in [-0.4, -0.2) is 25.5 Å². The van der Waals surface area contributed by atoms with E-state index in [1.54, 1.807) is 0 Å². The molecule has 2 atom stereocenters. The van der Waals surface area contributed by atoms with Crippen LogP contribution in [0.1, 0.15) is 25.7 Å². The molecule has 0 aromatic rings. The van der Waals surface area contributed by atoms with Crippen molar-refractivity contribution in [3.05, 3.63) is 25.3 Å². The maximum absolute atomic E-state index is 4.56. The monoisotopic (exact) mass is 310 g/mol. The third-order valence-electron chi connectivity index (χ3n) is 2.03. The van der Waals surface area contributed by atoms with Gasteiger partial charge < -0.3 is 0 Å². The molecule has 0 aliphatic carbocycles. The van der Waals surface area contributed by atoms with Crippen molar-refractivity contribution in [2.45, 2.75) is 46.8 Å². The molecule has 0 spiro atoms. The molecule has 3 heteroatoms. The van der Waals surface area contributed by atoms with Crippen LogP contribution in [-0.2, 0) is 0 Å².